The lowest BCUT2D eigenvalue weighted by Gasteiger charge is -2.18. The number of carbonyl (C=O) groups is 1. The zero-order valence-electron chi connectivity index (χ0n) is 15.4. The molecule has 0 bridgehead atoms. The quantitative estimate of drug-likeness (QED) is 0.692. The van der Waals surface area contributed by atoms with Crippen molar-refractivity contribution < 1.29 is 18.4 Å². The van der Waals surface area contributed by atoms with Crippen molar-refractivity contribution in [3.63, 3.8) is 0 Å². The van der Waals surface area contributed by atoms with Gasteiger partial charge in [0.15, 0.2) is 0 Å². The van der Waals surface area contributed by atoms with Crippen molar-refractivity contribution in [3.05, 3.63) is 76.7 Å². The van der Waals surface area contributed by atoms with E-state index in [1.165, 1.54) is 19.8 Å². The van der Waals surface area contributed by atoms with Crippen LogP contribution in [0.2, 0.25) is 0 Å². The maximum absolute atomic E-state index is 12.9. The van der Waals surface area contributed by atoms with Gasteiger partial charge in [-0.3, -0.25) is 9.36 Å². The van der Waals surface area contributed by atoms with E-state index >= 15 is 0 Å². The van der Waals surface area contributed by atoms with Gasteiger partial charge in [0.1, 0.15) is 5.44 Å². The first-order valence-electron chi connectivity index (χ1n) is 8.29. The molecular formula is C20H24NO4P. The molecule has 0 saturated heterocycles. The molecule has 138 valence electrons. The van der Waals surface area contributed by atoms with Crippen LogP contribution in [0, 0.1) is 0 Å². The molecular weight excluding hydrogens is 349 g/mol. The summed E-state index contributed by atoms with van der Waals surface area (Å²) >= 11 is 0. The highest BCUT2D eigenvalue weighted by Crippen LogP contribution is 2.54. The van der Waals surface area contributed by atoms with Crippen LogP contribution in [0.1, 0.15) is 41.3 Å². The number of amides is 1. The van der Waals surface area contributed by atoms with E-state index in [4.69, 9.17) is 9.05 Å². The molecule has 0 aliphatic rings. The molecule has 0 atom stereocenters. The Kier molecular flexibility index (Phi) is 6.92. The Morgan fingerprint density at radius 3 is 2.08 bits per heavy atom. The zero-order valence-corrected chi connectivity index (χ0v) is 16.3. The van der Waals surface area contributed by atoms with E-state index in [9.17, 15) is 9.36 Å². The van der Waals surface area contributed by atoms with Crippen LogP contribution in [0.3, 0.4) is 0 Å². The Balaban J connectivity index is 2.38. The van der Waals surface area contributed by atoms with Crippen molar-refractivity contribution in [2.45, 2.75) is 19.8 Å². The number of hydrogen-bond acceptors (Lipinski definition) is 4. The summed E-state index contributed by atoms with van der Waals surface area (Å²) < 4.78 is 23.0. The Labute approximate surface area is 154 Å². The molecule has 0 aliphatic carbocycles. The Hall–Kier alpha value is -2.20. The lowest BCUT2D eigenvalue weighted by atomic mass is 10.0. The van der Waals surface area contributed by atoms with E-state index < -0.39 is 7.60 Å². The largest absolute Gasteiger partial charge is 0.376 e. The maximum atomic E-state index is 12.9. The van der Waals surface area contributed by atoms with Crippen molar-refractivity contribution in [1.29, 1.82) is 0 Å². The van der Waals surface area contributed by atoms with E-state index in [1.807, 2.05) is 30.3 Å². The molecule has 0 aromatic heterocycles. The predicted octanol–water partition coefficient (Wildman–Crippen LogP) is 5.02. The normalized spacial score (nSPS) is 12.3. The molecule has 0 unspecified atom stereocenters. The highest BCUT2D eigenvalue weighted by molar-refractivity contribution is 7.58. The van der Waals surface area contributed by atoms with E-state index in [1.54, 1.807) is 30.3 Å². The summed E-state index contributed by atoms with van der Waals surface area (Å²) in [5, 5.41) is 2.67. The van der Waals surface area contributed by atoms with Crippen LogP contribution in [-0.2, 0) is 13.6 Å². The summed E-state index contributed by atoms with van der Waals surface area (Å²) in [4.78, 5) is 12.5. The Morgan fingerprint density at radius 1 is 1.00 bits per heavy atom. The summed E-state index contributed by atoms with van der Waals surface area (Å²) in [6.45, 7) is 4.22. The van der Waals surface area contributed by atoms with Crippen molar-refractivity contribution in [2.75, 3.05) is 14.2 Å². The van der Waals surface area contributed by atoms with Gasteiger partial charge in [-0.15, -0.1) is 0 Å². The molecule has 26 heavy (non-hydrogen) atoms. The Bertz CT molecular complexity index is 805. The fourth-order valence-electron chi connectivity index (χ4n) is 2.37. The van der Waals surface area contributed by atoms with Gasteiger partial charge in [-0.1, -0.05) is 56.3 Å². The molecule has 0 saturated carbocycles. The minimum atomic E-state index is -3.63. The van der Waals surface area contributed by atoms with Crippen molar-refractivity contribution in [3.8, 4) is 0 Å². The first kappa shape index (κ1) is 20.1. The molecule has 0 aliphatic heterocycles. The van der Waals surface area contributed by atoms with Gasteiger partial charge >= 0.3 is 7.60 Å². The third-order valence-corrected chi connectivity index (χ3v) is 5.75. The number of hydrogen-bond donors (Lipinski definition) is 1. The van der Waals surface area contributed by atoms with Crippen LogP contribution in [0.4, 0.5) is 0 Å². The third-order valence-electron chi connectivity index (χ3n) is 3.96. The summed E-state index contributed by atoms with van der Waals surface area (Å²) in [6, 6.07) is 16.5. The molecule has 1 N–H and O–H groups in total. The molecule has 1 amide bonds. The third kappa shape index (κ3) is 4.92. The molecule has 2 rings (SSSR count). The lowest BCUT2D eigenvalue weighted by Crippen LogP contribution is -2.23. The molecule has 0 radical (unpaired) electrons. The van der Waals surface area contributed by atoms with Gasteiger partial charge in [-0.25, -0.2) is 0 Å². The summed E-state index contributed by atoms with van der Waals surface area (Å²) in [7, 11) is -1.06. The van der Waals surface area contributed by atoms with Crippen molar-refractivity contribution in [1.82, 2.24) is 5.32 Å². The smallest absolute Gasteiger partial charge is 0.315 e. The molecule has 5 nitrogen and oxygen atoms in total. The molecule has 6 heteroatoms. The topological polar surface area (TPSA) is 64.6 Å². The van der Waals surface area contributed by atoms with Gasteiger partial charge in [0, 0.05) is 19.8 Å². The number of rotatable bonds is 7. The highest BCUT2D eigenvalue weighted by atomic mass is 31.2. The van der Waals surface area contributed by atoms with Crippen LogP contribution >= 0.6 is 7.60 Å². The zero-order chi connectivity index (χ0) is 19.2. The van der Waals surface area contributed by atoms with Gasteiger partial charge in [-0.05, 0) is 35.3 Å². The summed E-state index contributed by atoms with van der Waals surface area (Å²) in [5.41, 5.74) is 2.52. The van der Waals surface area contributed by atoms with E-state index in [-0.39, 0.29) is 11.3 Å². The van der Waals surface area contributed by atoms with Crippen LogP contribution < -0.4 is 5.32 Å². The van der Waals surface area contributed by atoms with Crippen LogP contribution in [0.25, 0.3) is 6.08 Å². The second kappa shape index (κ2) is 8.95. The van der Waals surface area contributed by atoms with Gasteiger partial charge < -0.3 is 14.4 Å². The number of benzene rings is 2. The van der Waals surface area contributed by atoms with Gasteiger partial charge in [0.25, 0.3) is 5.91 Å². The molecule has 2 aromatic carbocycles. The van der Waals surface area contributed by atoms with Crippen LogP contribution in [-0.4, -0.2) is 20.1 Å². The van der Waals surface area contributed by atoms with E-state index in [2.05, 4.69) is 19.2 Å². The predicted molar refractivity (Wildman–Crippen MR) is 104 cm³/mol. The molecule has 0 fully saturated rings. The number of carbonyl (C=O) groups excluding carboxylic acids is 1. The molecule has 2 aromatic rings. The van der Waals surface area contributed by atoms with Gasteiger partial charge in [-0.2, -0.15) is 0 Å². The highest BCUT2D eigenvalue weighted by Gasteiger charge is 2.29. The molecule has 0 spiro atoms. The monoisotopic (exact) mass is 373 g/mol. The first-order chi connectivity index (χ1) is 12.4. The second-order valence-corrected chi connectivity index (χ2v) is 8.24. The lowest BCUT2D eigenvalue weighted by molar-refractivity contribution is 0.0966. The summed E-state index contributed by atoms with van der Waals surface area (Å²) in [6.07, 6.45) is 1.61. The van der Waals surface area contributed by atoms with Crippen LogP contribution in [0.5, 0.6) is 0 Å². The summed E-state index contributed by atoms with van der Waals surface area (Å²) in [5.74, 6) is 0.0271. The van der Waals surface area contributed by atoms with Crippen molar-refractivity contribution >= 4 is 19.6 Å². The maximum Gasteiger partial charge on any atom is 0.376 e. The minimum absolute atomic E-state index is 0.0913. The minimum Gasteiger partial charge on any atom is -0.315 e. The SMILES string of the molecule is COP(=O)(OC)/C(=C\c1ccc(C(C)C)cc1)NC(=O)c1ccccc1. The van der Waals surface area contributed by atoms with Crippen molar-refractivity contribution in [2.24, 2.45) is 0 Å². The van der Waals surface area contributed by atoms with E-state index in [0.717, 1.165) is 5.56 Å². The Morgan fingerprint density at radius 2 is 1.58 bits per heavy atom. The number of nitrogens with one attached hydrogen (secondary N) is 1. The average molecular weight is 373 g/mol. The fourth-order valence-corrected chi connectivity index (χ4v) is 3.46. The van der Waals surface area contributed by atoms with Gasteiger partial charge in [0.2, 0.25) is 0 Å². The first-order valence-corrected chi connectivity index (χ1v) is 9.84. The standard InChI is InChI=1S/C20H24NO4P/c1-15(2)17-12-10-16(11-13-17)14-19(26(23,24-3)25-4)21-20(22)18-8-6-5-7-9-18/h5-15H,1-4H3,(H,21,22)/b19-14-. The van der Waals surface area contributed by atoms with Gasteiger partial charge in [0.05, 0.1) is 0 Å². The fraction of sp³-hybridized carbons (Fsp3) is 0.250. The van der Waals surface area contributed by atoms with Crippen LogP contribution in [0.15, 0.2) is 60.0 Å². The molecule has 0 heterocycles. The second-order valence-electron chi connectivity index (χ2n) is 6.03. The van der Waals surface area contributed by atoms with E-state index in [0.29, 0.717) is 11.5 Å². The average Bonchev–Trinajstić information content (AvgIpc) is 2.67.